The lowest BCUT2D eigenvalue weighted by molar-refractivity contribution is -0.128. The van der Waals surface area contributed by atoms with Crippen LogP contribution in [0.5, 0.6) is 0 Å². The van der Waals surface area contributed by atoms with Crippen molar-refractivity contribution in [3.05, 3.63) is 41.5 Å². The van der Waals surface area contributed by atoms with Crippen LogP contribution in [0.2, 0.25) is 0 Å². The molecular weight excluding hydrogens is 328 g/mol. The molecule has 0 saturated carbocycles. The maximum absolute atomic E-state index is 12.5. The molecule has 1 fully saturated rings. The maximum Gasteiger partial charge on any atom is 0.229 e. The number of likely N-dealkylation sites (tertiary alicyclic amines) is 1. The number of benzene rings is 1. The van der Waals surface area contributed by atoms with Gasteiger partial charge in [-0.1, -0.05) is 11.6 Å². The molecule has 138 valence electrons. The number of carbonyl (C=O) groups is 3. The zero-order valence-corrected chi connectivity index (χ0v) is 15.3. The van der Waals surface area contributed by atoms with E-state index in [0.29, 0.717) is 24.3 Å². The molecule has 2 aliphatic rings. The average molecular weight is 354 g/mol. The Balaban J connectivity index is 1.51. The van der Waals surface area contributed by atoms with E-state index < -0.39 is 0 Å². The van der Waals surface area contributed by atoms with Gasteiger partial charge in [-0.05, 0) is 63.3 Å². The first-order valence-corrected chi connectivity index (χ1v) is 9.40. The number of rotatable bonds is 6. The summed E-state index contributed by atoms with van der Waals surface area (Å²) in [7, 11) is 0. The molecule has 3 rings (SSSR count). The monoisotopic (exact) mass is 354 g/mol. The fourth-order valence-corrected chi connectivity index (χ4v) is 3.61. The number of hydrogen-bond acceptors (Lipinski definition) is 3. The first kappa shape index (κ1) is 18.4. The molecule has 1 aliphatic carbocycles. The van der Waals surface area contributed by atoms with E-state index in [1.807, 2.05) is 4.90 Å². The van der Waals surface area contributed by atoms with Crippen LogP contribution in [-0.2, 0) is 9.59 Å². The summed E-state index contributed by atoms with van der Waals surface area (Å²) >= 11 is 0. The number of anilines is 1. The molecule has 0 radical (unpaired) electrons. The summed E-state index contributed by atoms with van der Waals surface area (Å²) < 4.78 is 0. The van der Waals surface area contributed by atoms with Gasteiger partial charge in [0.2, 0.25) is 11.8 Å². The molecule has 0 bridgehead atoms. The number of ketones is 1. The largest absolute Gasteiger partial charge is 0.342 e. The highest BCUT2D eigenvalue weighted by atomic mass is 16.2. The number of nitrogens with one attached hydrogen (secondary N) is 1. The van der Waals surface area contributed by atoms with Gasteiger partial charge in [0.1, 0.15) is 0 Å². The third-order valence-electron chi connectivity index (χ3n) is 5.23. The molecule has 0 spiro atoms. The highest BCUT2D eigenvalue weighted by molar-refractivity contribution is 5.98. The summed E-state index contributed by atoms with van der Waals surface area (Å²) in [5.41, 5.74) is 2.71. The van der Waals surface area contributed by atoms with Crippen molar-refractivity contribution in [2.24, 2.45) is 5.92 Å². The Morgan fingerprint density at radius 2 is 1.96 bits per heavy atom. The van der Waals surface area contributed by atoms with E-state index in [0.717, 1.165) is 19.3 Å². The Morgan fingerprint density at radius 1 is 1.19 bits per heavy atom. The Kier molecular flexibility index (Phi) is 5.86. The zero-order valence-electron chi connectivity index (χ0n) is 15.3. The summed E-state index contributed by atoms with van der Waals surface area (Å²) in [4.78, 5) is 37.8. The number of hydrogen-bond donors (Lipinski definition) is 1. The van der Waals surface area contributed by atoms with Gasteiger partial charge in [0.25, 0.3) is 0 Å². The smallest absolute Gasteiger partial charge is 0.229 e. The van der Waals surface area contributed by atoms with Crippen LogP contribution in [0.4, 0.5) is 5.69 Å². The summed E-state index contributed by atoms with van der Waals surface area (Å²) in [6.07, 6.45) is 8.30. The minimum Gasteiger partial charge on any atom is -0.342 e. The van der Waals surface area contributed by atoms with Gasteiger partial charge in [-0.25, -0.2) is 0 Å². The van der Waals surface area contributed by atoms with E-state index in [4.69, 9.17) is 0 Å². The molecule has 5 nitrogen and oxygen atoms in total. The molecule has 1 saturated heterocycles. The quantitative estimate of drug-likeness (QED) is 0.627. The lowest BCUT2D eigenvalue weighted by atomic mass is 9.97. The molecule has 1 aliphatic heterocycles. The number of Topliss-reactive ketones (excluding diaryl/α,β-unsaturated/α-hetero) is 1. The normalized spacial score (nSPS) is 20.0. The van der Waals surface area contributed by atoms with Gasteiger partial charge < -0.3 is 10.2 Å². The molecule has 1 atom stereocenters. The van der Waals surface area contributed by atoms with Crippen LogP contribution < -0.4 is 5.32 Å². The van der Waals surface area contributed by atoms with Crippen LogP contribution >= 0.6 is 0 Å². The van der Waals surface area contributed by atoms with Gasteiger partial charge in [0.05, 0.1) is 5.92 Å². The van der Waals surface area contributed by atoms with Crippen LogP contribution in [-0.4, -0.2) is 35.6 Å². The number of allylic oxidation sites excluding steroid dienone is 1. The van der Waals surface area contributed by atoms with Crippen LogP contribution in [0.3, 0.4) is 0 Å². The van der Waals surface area contributed by atoms with E-state index in [1.165, 1.54) is 25.3 Å². The third-order valence-corrected chi connectivity index (χ3v) is 5.23. The van der Waals surface area contributed by atoms with Gasteiger partial charge in [-0.2, -0.15) is 0 Å². The van der Waals surface area contributed by atoms with E-state index in [1.54, 1.807) is 24.3 Å². The SMILES string of the molecule is CC(=O)c1ccc(NC(=O)C2CC(=O)N(CCC3=CCCCC3)C2)cc1. The lowest BCUT2D eigenvalue weighted by Gasteiger charge is -2.19. The van der Waals surface area contributed by atoms with E-state index in [9.17, 15) is 14.4 Å². The maximum atomic E-state index is 12.5. The lowest BCUT2D eigenvalue weighted by Crippen LogP contribution is -2.29. The second kappa shape index (κ2) is 8.30. The van der Waals surface area contributed by atoms with E-state index in [2.05, 4.69) is 11.4 Å². The standard InChI is InChI=1S/C21H26N2O3/c1-15(24)17-7-9-19(10-8-17)22-21(26)18-13-20(25)23(14-18)12-11-16-5-3-2-4-6-16/h5,7-10,18H,2-4,6,11-14H2,1H3,(H,22,26). The molecular formula is C21H26N2O3. The number of carbonyl (C=O) groups excluding carboxylic acids is 3. The van der Waals surface area contributed by atoms with Crippen molar-refractivity contribution in [3.63, 3.8) is 0 Å². The van der Waals surface area contributed by atoms with Gasteiger partial charge in [0, 0.05) is 30.8 Å². The van der Waals surface area contributed by atoms with Crippen LogP contribution in [0.25, 0.3) is 0 Å². The predicted octanol–water partition coefficient (Wildman–Crippen LogP) is 3.57. The Labute approximate surface area is 154 Å². The van der Waals surface area contributed by atoms with Crippen molar-refractivity contribution in [2.75, 3.05) is 18.4 Å². The van der Waals surface area contributed by atoms with E-state index in [-0.39, 0.29) is 29.9 Å². The summed E-state index contributed by atoms with van der Waals surface area (Å²) in [5.74, 6) is -0.384. The predicted molar refractivity (Wildman–Crippen MR) is 101 cm³/mol. The van der Waals surface area contributed by atoms with Crippen LogP contribution in [0.15, 0.2) is 35.9 Å². The third kappa shape index (κ3) is 4.59. The molecule has 1 unspecified atom stereocenters. The summed E-state index contributed by atoms with van der Waals surface area (Å²) in [6, 6.07) is 6.83. The van der Waals surface area contributed by atoms with E-state index >= 15 is 0 Å². The van der Waals surface area contributed by atoms with Gasteiger partial charge >= 0.3 is 0 Å². The highest BCUT2D eigenvalue weighted by Crippen LogP contribution is 2.24. The van der Waals surface area contributed by atoms with Crippen molar-refractivity contribution in [3.8, 4) is 0 Å². The second-order valence-corrected chi connectivity index (χ2v) is 7.22. The molecule has 26 heavy (non-hydrogen) atoms. The molecule has 2 amide bonds. The average Bonchev–Trinajstić information content (AvgIpc) is 3.02. The highest BCUT2D eigenvalue weighted by Gasteiger charge is 2.34. The van der Waals surface area contributed by atoms with Gasteiger partial charge in [-0.3, -0.25) is 14.4 Å². The summed E-state index contributed by atoms with van der Waals surface area (Å²) in [6.45, 7) is 2.71. The topological polar surface area (TPSA) is 66.5 Å². The Hall–Kier alpha value is -2.43. The molecule has 0 aromatic heterocycles. The number of nitrogens with zero attached hydrogens (tertiary/aromatic N) is 1. The fraction of sp³-hybridized carbons (Fsp3) is 0.476. The Bertz CT molecular complexity index is 721. The zero-order chi connectivity index (χ0) is 18.5. The van der Waals surface area contributed by atoms with Crippen molar-refractivity contribution in [1.82, 2.24) is 4.90 Å². The molecule has 1 aromatic rings. The number of amides is 2. The van der Waals surface area contributed by atoms with Crippen molar-refractivity contribution >= 4 is 23.3 Å². The Morgan fingerprint density at radius 3 is 2.62 bits per heavy atom. The molecule has 5 heteroatoms. The van der Waals surface area contributed by atoms with Crippen molar-refractivity contribution in [2.45, 2.75) is 45.4 Å². The van der Waals surface area contributed by atoms with Gasteiger partial charge in [-0.15, -0.1) is 0 Å². The molecule has 1 heterocycles. The fourth-order valence-electron chi connectivity index (χ4n) is 3.61. The minimum absolute atomic E-state index is 0.00649. The molecule has 1 aromatic carbocycles. The van der Waals surface area contributed by atoms with Gasteiger partial charge in [0.15, 0.2) is 5.78 Å². The molecule has 1 N–H and O–H groups in total. The van der Waals surface area contributed by atoms with Crippen molar-refractivity contribution in [1.29, 1.82) is 0 Å². The van der Waals surface area contributed by atoms with Crippen molar-refractivity contribution < 1.29 is 14.4 Å². The second-order valence-electron chi connectivity index (χ2n) is 7.22. The van der Waals surface area contributed by atoms with Crippen LogP contribution in [0.1, 0.15) is 55.8 Å². The first-order valence-electron chi connectivity index (χ1n) is 9.40. The van der Waals surface area contributed by atoms with Crippen LogP contribution in [0, 0.1) is 5.92 Å². The minimum atomic E-state index is -0.310. The first-order chi connectivity index (χ1) is 12.5. The summed E-state index contributed by atoms with van der Waals surface area (Å²) in [5, 5.41) is 2.86.